The maximum Gasteiger partial charge on any atom is 0.288 e. The molecule has 1 amide bonds. The van der Waals surface area contributed by atoms with Gasteiger partial charge in [-0.05, 0) is 37.6 Å². The third-order valence-corrected chi connectivity index (χ3v) is 6.50. The van der Waals surface area contributed by atoms with Crippen molar-refractivity contribution in [1.82, 2.24) is 14.9 Å². The van der Waals surface area contributed by atoms with Crippen molar-refractivity contribution in [3.8, 4) is 11.6 Å². The zero-order valence-corrected chi connectivity index (χ0v) is 20.4. The number of halogens is 2. The lowest BCUT2D eigenvalue weighted by Crippen LogP contribution is -2.48. The Bertz CT molecular complexity index is 1440. The number of allylic oxidation sites excluding steroid dienone is 1. The standard InChI is InChI=1S/C27H24F2N6O2/c1-16-12-20-21(13-16)24(29)23(14-22(20)28)37-27-25(30-3)26(31-15-32-27)33-18-4-6-19(7-5-18)35-10-8-34(9-11-35)17(2)36/h4-7,13-15H,8-12H2,1-2H3,(H,31,32,33). The van der Waals surface area contributed by atoms with Crippen LogP contribution < -0.4 is 15.0 Å². The van der Waals surface area contributed by atoms with Crippen LogP contribution in [0.15, 0.2) is 42.2 Å². The number of nitrogens with one attached hydrogen (secondary N) is 1. The molecule has 0 saturated carbocycles. The third-order valence-electron chi connectivity index (χ3n) is 6.50. The third kappa shape index (κ3) is 4.80. The van der Waals surface area contributed by atoms with E-state index < -0.39 is 11.6 Å². The van der Waals surface area contributed by atoms with Crippen molar-refractivity contribution in [2.75, 3.05) is 36.4 Å². The second-order valence-electron chi connectivity index (χ2n) is 8.99. The van der Waals surface area contributed by atoms with E-state index in [1.165, 1.54) is 6.33 Å². The van der Waals surface area contributed by atoms with Gasteiger partial charge in [0.1, 0.15) is 18.0 Å². The quantitative estimate of drug-likeness (QED) is 0.467. The van der Waals surface area contributed by atoms with Crippen molar-refractivity contribution in [1.29, 1.82) is 0 Å². The fourth-order valence-electron chi connectivity index (χ4n) is 4.55. The summed E-state index contributed by atoms with van der Waals surface area (Å²) in [5.74, 6) is -1.52. The number of nitrogens with zero attached hydrogens (tertiary/aromatic N) is 5. The Morgan fingerprint density at radius 3 is 2.54 bits per heavy atom. The molecule has 1 saturated heterocycles. The molecule has 2 heterocycles. The van der Waals surface area contributed by atoms with Crippen molar-refractivity contribution in [3.63, 3.8) is 0 Å². The van der Waals surface area contributed by atoms with E-state index in [0.29, 0.717) is 30.8 Å². The van der Waals surface area contributed by atoms with Gasteiger partial charge in [-0.15, -0.1) is 0 Å². The molecule has 1 N–H and O–H groups in total. The average Bonchev–Trinajstić information content (AvgIpc) is 3.30. The van der Waals surface area contributed by atoms with Crippen LogP contribution in [0.5, 0.6) is 11.6 Å². The smallest absolute Gasteiger partial charge is 0.288 e. The first-order chi connectivity index (χ1) is 17.8. The first-order valence-corrected chi connectivity index (χ1v) is 11.8. The Morgan fingerprint density at radius 2 is 1.86 bits per heavy atom. The summed E-state index contributed by atoms with van der Waals surface area (Å²) in [5.41, 5.74) is 2.94. The average molecular weight is 503 g/mol. The van der Waals surface area contributed by atoms with Gasteiger partial charge in [-0.3, -0.25) is 4.79 Å². The van der Waals surface area contributed by atoms with Crippen molar-refractivity contribution in [3.05, 3.63) is 76.4 Å². The maximum atomic E-state index is 15.1. The van der Waals surface area contributed by atoms with E-state index in [4.69, 9.17) is 11.3 Å². The van der Waals surface area contributed by atoms with Gasteiger partial charge in [-0.25, -0.2) is 23.6 Å². The number of rotatable bonds is 5. The fraction of sp³-hybridized carbons (Fsp3) is 0.259. The number of anilines is 3. The van der Waals surface area contributed by atoms with Gasteiger partial charge in [0.25, 0.3) is 5.69 Å². The van der Waals surface area contributed by atoms with Gasteiger partial charge >= 0.3 is 0 Å². The summed E-state index contributed by atoms with van der Waals surface area (Å²) in [4.78, 5) is 27.2. The molecular formula is C27H24F2N6O2. The van der Waals surface area contributed by atoms with E-state index in [2.05, 4.69) is 25.0 Å². The molecule has 37 heavy (non-hydrogen) atoms. The summed E-state index contributed by atoms with van der Waals surface area (Å²) in [7, 11) is 0. The summed E-state index contributed by atoms with van der Waals surface area (Å²) in [6.45, 7) is 13.9. The number of carbonyl (C=O) groups is 1. The molecule has 0 unspecified atom stereocenters. The Hall–Kier alpha value is -4.52. The van der Waals surface area contributed by atoms with E-state index in [9.17, 15) is 9.18 Å². The fourth-order valence-corrected chi connectivity index (χ4v) is 4.55. The number of hydrogen-bond acceptors (Lipinski definition) is 6. The van der Waals surface area contributed by atoms with Crippen molar-refractivity contribution in [2.24, 2.45) is 0 Å². The van der Waals surface area contributed by atoms with Gasteiger partial charge in [-0.1, -0.05) is 11.6 Å². The second kappa shape index (κ2) is 9.85. The summed E-state index contributed by atoms with van der Waals surface area (Å²) >= 11 is 0. The lowest BCUT2D eigenvalue weighted by molar-refractivity contribution is -0.129. The monoisotopic (exact) mass is 502 g/mol. The molecule has 8 nitrogen and oxygen atoms in total. The Kier molecular flexibility index (Phi) is 6.44. The normalized spacial score (nSPS) is 14.6. The van der Waals surface area contributed by atoms with Crippen LogP contribution in [-0.2, 0) is 11.2 Å². The van der Waals surface area contributed by atoms with Crippen molar-refractivity contribution in [2.45, 2.75) is 20.3 Å². The van der Waals surface area contributed by atoms with Gasteiger partial charge in [0, 0.05) is 61.7 Å². The van der Waals surface area contributed by atoms with Crippen molar-refractivity contribution >= 4 is 34.9 Å². The molecule has 1 aromatic heterocycles. The predicted molar refractivity (Wildman–Crippen MR) is 136 cm³/mol. The molecule has 2 aromatic carbocycles. The molecule has 1 aliphatic carbocycles. The van der Waals surface area contributed by atoms with Crippen LogP contribution in [0.2, 0.25) is 0 Å². The topological polar surface area (TPSA) is 75.0 Å². The summed E-state index contributed by atoms with van der Waals surface area (Å²) in [5, 5.41) is 3.08. The van der Waals surface area contributed by atoms with Gasteiger partial charge < -0.3 is 19.9 Å². The lowest BCUT2D eigenvalue weighted by Gasteiger charge is -2.35. The first-order valence-electron chi connectivity index (χ1n) is 11.8. The minimum absolute atomic E-state index is 0.0565. The number of aromatic nitrogens is 2. The molecule has 188 valence electrons. The number of piperazine rings is 1. The zero-order chi connectivity index (χ0) is 26.1. The molecular weight excluding hydrogens is 478 g/mol. The number of amides is 1. The van der Waals surface area contributed by atoms with E-state index in [1.807, 2.05) is 29.2 Å². The number of carbonyl (C=O) groups excluding carboxylic acids is 1. The maximum absolute atomic E-state index is 15.1. The molecule has 10 heteroatoms. The molecule has 1 fully saturated rings. The van der Waals surface area contributed by atoms with Crippen LogP contribution >= 0.6 is 0 Å². The first kappa shape index (κ1) is 24.2. The Labute approximate surface area is 213 Å². The highest BCUT2D eigenvalue weighted by Crippen LogP contribution is 2.40. The van der Waals surface area contributed by atoms with E-state index in [0.717, 1.165) is 30.4 Å². The van der Waals surface area contributed by atoms with E-state index in [1.54, 1.807) is 19.9 Å². The highest BCUT2D eigenvalue weighted by Gasteiger charge is 2.24. The van der Waals surface area contributed by atoms with E-state index in [-0.39, 0.29) is 34.6 Å². The number of ether oxygens (including phenoxy) is 1. The highest BCUT2D eigenvalue weighted by atomic mass is 19.1. The molecule has 0 radical (unpaired) electrons. The largest absolute Gasteiger partial charge is 0.446 e. The van der Waals surface area contributed by atoms with Gasteiger partial charge in [0.15, 0.2) is 11.6 Å². The predicted octanol–water partition coefficient (Wildman–Crippen LogP) is 5.47. The minimum Gasteiger partial charge on any atom is -0.446 e. The number of hydrogen-bond donors (Lipinski definition) is 1. The SMILES string of the molecule is [C-]#[N+]c1c(Nc2ccc(N3CCN(C(C)=O)CC3)cc2)ncnc1Oc1cc(F)c2c(c1F)C=C(C)C2. The Balaban J connectivity index is 1.34. The summed E-state index contributed by atoms with van der Waals surface area (Å²) in [6.07, 6.45) is 3.14. The van der Waals surface area contributed by atoms with Crippen LogP contribution in [0, 0.1) is 18.2 Å². The molecule has 5 rings (SSSR count). The van der Waals surface area contributed by atoms with E-state index >= 15 is 4.39 Å². The van der Waals surface area contributed by atoms with Crippen molar-refractivity contribution < 1.29 is 18.3 Å². The number of benzene rings is 2. The lowest BCUT2D eigenvalue weighted by atomic mass is 10.1. The number of fused-ring (bicyclic) bond motifs is 1. The van der Waals surface area contributed by atoms with Crippen LogP contribution in [0.1, 0.15) is 25.0 Å². The summed E-state index contributed by atoms with van der Waals surface area (Å²) < 4.78 is 35.2. The van der Waals surface area contributed by atoms with Crippen LogP contribution in [0.25, 0.3) is 10.9 Å². The summed E-state index contributed by atoms with van der Waals surface area (Å²) in [6, 6.07) is 8.58. The molecule has 3 aromatic rings. The van der Waals surface area contributed by atoms with Gasteiger partial charge in [-0.2, -0.15) is 0 Å². The molecule has 2 aliphatic rings. The molecule has 0 bridgehead atoms. The highest BCUT2D eigenvalue weighted by molar-refractivity contribution is 5.76. The van der Waals surface area contributed by atoms with Gasteiger partial charge in [0.05, 0.1) is 6.57 Å². The van der Waals surface area contributed by atoms with Gasteiger partial charge in [0.2, 0.25) is 11.8 Å². The zero-order valence-electron chi connectivity index (χ0n) is 20.4. The Morgan fingerprint density at radius 1 is 1.14 bits per heavy atom. The van der Waals surface area contributed by atoms with Crippen LogP contribution in [0.3, 0.4) is 0 Å². The minimum atomic E-state index is -0.697. The molecule has 0 atom stereocenters. The second-order valence-corrected chi connectivity index (χ2v) is 8.99. The van der Waals surface area contributed by atoms with Crippen LogP contribution in [-0.4, -0.2) is 47.0 Å². The molecule has 0 spiro atoms. The van der Waals surface area contributed by atoms with Crippen LogP contribution in [0.4, 0.5) is 31.7 Å². The molecule has 1 aliphatic heterocycles.